The second-order valence-corrected chi connectivity index (χ2v) is 11.3. The molecule has 3 aliphatic heterocycles. The number of ether oxygens (including phenoxy) is 2. The molecule has 1 saturated carbocycles. The maximum atomic E-state index is 14.4. The number of benzene rings is 2. The first kappa shape index (κ1) is 25.3. The molecule has 0 bridgehead atoms. The van der Waals surface area contributed by atoms with Crippen molar-refractivity contribution in [3.63, 3.8) is 0 Å². The normalized spacial score (nSPS) is 20.1. The number of urea groups is 1. The number of aryl methyl sites for hydroxylation is 1. The Bertz CT molecular complexity index is 1560. The van der Waals surface area contributed by atoms with E-state index in [1.54, 1.807) is 29.3 Å². The van der Waals surface area contributed by atoms with E-state index in [-0.39, 0.29) is 23.7 Å². The highest BCUT2D eigenvalue weighted by Crippen LogP contribution is 2.48. The number of nitrogens with zero attached hydrogens (tertiary/aromatic N) is 2. The number of anilines is 2. The number of halogens is 2. The number of pyridine rings is 1. The molecule has 2 fully saturated rings. The summed E-state index contributed by atoms with van der Waals surface area (Å²) in [5.41, 5.74) is 5.96. The summed E-state index contributed by atoms with van der Waals surface area (Å²) in [7, 11) is 0. The van der Waals surface area contributed by atoms with E-state index in [0.717, 1.165) is 35.1 Å². The number of nitrogens with one attached hydrogen (secondary N) is 2. The van der Waals surface area contributed by atoms with E-state index >= 15 is 0 Å². The second-order valence-electron chi connectivity index (χ2n) is 10.9. The van der Waals surface area contributed by atoms with Gasteiger partial charge in [-0.15, -0.1) is 0 Å². The fourth-order valence-corrected chi connectivity index (χ4v) is 6.20. The summed E-state index contributed by atoms with van der Waals surface area (Å²) in [6.07, 6.45) is 4.33. The van der Waals surface area contributed by atoms with Crippen molar-refractivity contribution < 1.29 is 23.5 Å². The Morgan fingerprint density at radius 2 is 2.05 bits per heavy atom. The molecule has 1 saturated heterocycles. The molecule has 1 atom stereocenters. The van der Waals surface area contributed by atoms with E-state index in [9.17, 15) is 14.0 Å². The Morgan fingerprint density at radius 3 is 2.77 bits per heavy atom. The lowest BCUT2D eigenvalue weighted by Crippen LogP contribution is -2.48. The number of hydrogen-bond donors (Lipinski definition) is 2. The van der Waals surface area contributed by atoms with Gasteiger partial charge in [0.05, 0.1) is 36.5 Å². The van der Waals surface area contributed by atoms with Crippen LogP contribution >= 0.6 is 11.6 Å². The number of hydrogen-bond acceptors (Lipinski definition) is 5. The van der Waals surface area contributed by atoms with Crippen molar-refractivity contribution in [1.29, 1.82) is 0 Å². The quantitative estimate of drug-likeness (QED) is 0.409. The SMILES string of the molecule is Cc1c(C(=O)NC2COC2)cc2c(c1C1CC1)CN(c1cc3c(cc1Cl)CCC(c1ncccc1F)O3)C(=O)N2. The lowest BCUT2D eigenvalue weighted by Gasteiger charge is -2.34. The lowest BCUT2D eigenvalue weighted by molar-refractivity contribution is -0.00347. The largest absolute Gasteiger partial charge is 0.484 e. The van der Waals surface area contributed by atoms with Crippen LogP contribution in [0.2, 0.25) is 5.02 Å². The number of rotatable bonds is 5. The highest BCUT2D eigenvalue weighted by atomic mass is 35.5. The zero-order valence-electron chi connectivity index (χ0n) is 21.9. The van der Waals surface area contributed by atoms with Gasteiger partial charge in [-0.3, -0.25) is 14.7 Å². The Hall–Kier alpha value is -3.69. The molecule has 10 heteroatoms. The van der Waals surface area contributed by atoms with E-state index in [1.807, 2.05) is 13.0 Å². The molecule has 8 nitrogen and oxygen atoms in total. The van der Waals surface area contributed by atoms with Crippen LogP contribution in [0.1, 0.15) is 69.6 Å². The van der Waals surface area contributed by atoms with Crippen molar-refractivity contribution in [1.82, 2.24) is 10.3 Å². The Morgan fingerprint density at radius 1 is 1.23 bits per heavy atom. The summed E-state index contributed by atoms with van der Waals surface area (Å²) in [4.78, 5) is 32.3. The standard InChI is InChI=1S/C30H28ClFN4O4/c1-15-19(29(37)34-18-13-39-14-18)10-23-20(27(15)16-4-5-16)12-36(30(38)35-23)24-11-26-17(9-21(24)31)6-7-25(40-26)28-22(32)3-2-8-33-28/h2-3,8-11,16,18,25H,4-7,12-14H2,1H3,(H,34,37)(H,35,38). The van der Waals surface area contributed by atoms with Gasteiger partial charge < -0.3 is 20.1 Å². The van der Waals surface area contributed by atoms with Crippen molar-refractivity contribution in [3.05, 3.63) is 80.9 Å². The monoisotopic (exact) mass is 562 g/mol. The van der Waals surface area contributed by atoms with Crippen LogP contribution < -0.4 is 20.3 Å². The summed E-state index contributed by atoms with van der Waals surface area (Å²) in [6, 6.07) is 7.97. The van der Waals surface area contributed by atoms with Crippen molar-refractivity contribution in [2.75, 3.05) is 23.4 Å². The first-order valence-electron chi connectivity index (χ1n) is 13.6. The van der Waals surface area contributed by atoms with E-state index in [1.165, 1.54) is 6.07 Å². The van der Waals surface area contributed by atoms with Crippen LogP contribution in [0.25, 0.3) is 0 Å². The molecular weight excluding hydrogens is 535 g/mol. The molecule has 0 spiro atoms. The molecule has 1 unspecified atom stereocenters. The van der Waals surface area contributed by atoms with Crippen LogP contribution in [0.3, 0.4) is 0 Å². The molecule has 1 aromatic heterocycles. The second kappa shape index (κ2) is 9.74. The number of amides is 3. The van der Waals surface area contributed by atoms with Crippen LogP contribution in [-0.4, -0.2) is 36.2 Å². The number of aromatic nitrogens is 1. The molecular formula is C30H28ClFN4O4. The average molecular weight is 563 g/mol. The van der Waals surface area contributed by atoms with Crippen LogP contribution in [0.15, 0.2) is 36.5 Å². The first-order valence-corrected chi connectivity index (χ1v) is 14.0. The minimum Gasteiger partial charge on any atom is -0.484 e. The molecule has 3 amide bonds. The fourth-order valence-electron chi connectivity index (χ4n) is 5.91. The van der Waals surface area contributed by atoms with Gasteiger partial charge >= 0.3 is 6.03 Å². The van der Waals surface area contributed by atoms with Gasteiger partial charge in [0.25, 0.3) is 5.91 Å². The number of carbonyl (C=O) groups excluding carboxylic acids is 2. The third kappa shape index (κ3) is 4.37. The van der Waals surface area contributed by atoms with Crippen molar-refractivity contribution >= 4 is 34.9 Å². The predicted octanol–water partition coefficient (Wildman–Crippen LogP) is 5.81. The van der Waals surface area contributed by atoms with E-state index in [2.05, 4.69) is 15.6 Å². The third-order valence-electron chi connectivity index (χ3n) is 8.21. The molecule has 3 aromatic rings. The molecule has 4 heterocycles. The topological polar surface area (TPSA) is 92.8 Å². The predicted molar refractivity (Wildman–Crippen MR) is 148 cm³/mol. The molecule has 0 radical (unpaired) electrons. The molecule has 2 aromatic carbocycles. The van der Waals surface area contributed by atoms with Gasteiger partial charge in [0.2, 0.25) is 0 Å². The average Bonchev–Trinajstić information content (AvgIpc) is 3.75. The summed E-state index contributed by atoms with van der Waals surface area (Å²) < 4.78 is 25.8. The van der Waals surface area contributed by atoms with Gasteiger partial charge in [-0.1, -0.05) is 11.6 Å². The summed E-state index contributed by atoms with van der Waals surface area (Å²) >= 11 is 6.73. The van der Waals surface area contributed by atoms with Gasteiger partial charge in [0, 0.05) is 23.5 Å². The summed E-state index contributed by atoms with van der Waals surface area (Å²) in [5, 5.41) is 6.47. The zero-order valence-corrected chi connectivity index (χ0v) is 22.7. The molecule has 7 rings (SSSR count). The Balaban J connectivity index is 1.22. The minimum atomic E-state index is -0.529. The smallest absolute Gasteiger partial charge is 0.326 e. The first-order chi connectivity index (χ1) is 19.4. The van der Waals surface area contributed by atoms with Crippen LogP contribution in [0.4, 0.5) is 20.6 Å². The molecule has 2 N–H and O–H groups in total. The highest BCUT2D eigenvalue weighted by molar-refractivity contribution is 6.34. The van der Waals surface area contributed by atoms with Gasteiger partial charge in [-0.25, -0.2) is 9.18 Å². The maximum Gasteiger partial charge on any atom is 0.326 e. The van der Waals surface area contributed by atoms with Crippen molar-refractivity contribution in [2.24, 2.45) is 0 Å². The van der Waals surface area contributed by atoms with Gasteiger partial charge in [0.1, 0.15) is 23.4 Å². The number of fused-ring (bicyclic) bond motifs is 2. The van der Waals surface area contributed by atoms with Crippen LogP contribution in [0, 0.1) is 12.7 Å². The van der Waals surface area contributed by atoms with Crippen molar-refractivity contribution in [3.8, 4) is 5.75 Å². The van der Waals surface area contributed by atoms with Gasteiger partial charge in [-0.2, -0.15) is 0 Å². The fraction of sp³-hybridized carbons (Fsp3) is 0.367. The third-order valence-corrected chi connectivity index (χ3v) is 8.51. The highest BCUT2D eigenvalue weighted by Gasteiger charge is 2.37. The lowest BCUT2D eigenvalue weighted by atomic mass is 9.90. The minimum absolute atomic E-state index is 0.0134. The zero-order chi connectivity index (χ0) is 27.5. The maximum absolute atomic E-state index is 14.4. The Labute approximate surface area is 235 Å². The van der Waals surface area contributed by atoms with Crippen LogP contribution in [-0.2, 0) is 17.7 Å². The van der Waals surface area contributed by atoms with Crippen molar-refractivity contribution in [2.45, 2.75) is 57.2 Å². The van der Waals surface area contributed by atoms with Crippen LogP contribution in [0.5, 0.6) is 5.75 Å². The Kier molecular flexibility index (Phi) is 6.16. The van der Waals surface area contributed by atoms with Gasteiger partial charge in [0.15, 0.2) is 0 Å². The van der Waals surface area contributed by atoms with E-state index < -0.39 is 11.9 Å². The molecule has 4 aliphatic rings. The summed E-state index contributed by atoms with van der Waals surface area (Å²) in [5.74, 6) is 0.349. The van der Waals surface area contributed by atoms with Gasteiger partial charge in [-0.05, 0) is 85.0 Å². The molecule has 206 valence electrons. The molecule has 1 aliphatic carbocycles. The summed E-state index contributed by atoms with van der Waals surface area (Å²) in [6.45, 7) is 3.32. The molecule has 40 heavy (non-hydrogen) atoms. The number of carbonyl (C=O) groups is 2. The van der Waals surface area contributed by atoms with E-state index in [0.29, 0.717) is 66.2 Å². The van der Waals surface area contributed by atoms with E-state index in [4.69, 9.17) is 21.1 Å².